The fourth-order valence-corrected chi connectivity index (χ4v) is 4.88. The van der Waals surface area contributed by atoms with Crippen LogP contribution in [0.4, 0.5) is 11.4 Å². The number of anilines is 1. The summed E-state index contributed by atoms with van der Waals surface area (Å²) in [5, 5.41) is 4.98. The quantitative estimate of drug-likeness (QED) is 0.286. The Labute approximate surface area is 224 Å². The van der Waals surface area contributed by atoms with Gasteiger partial charge >= 0.3 is 0 Å². The van der Waals surface area contributed by atoms with Crippen molar-refractivity contribution in [2.75, 3.05) is 19.1 Å². The summed E-state index contributed by atoms with van der Waals surface area (Å²) >= 11 is 1.26. The van der Waals surface area contributed by atoms with E-state index in [2.05, 4.69) is 5.10 Å². The number of aliphatic imine (C=N–C) groups is 1. The fraction of sp³-hybridized carbons (Fsp3) is 0.103. The molecule has 1 saturated heterocycles. The molecule has 1 aromatic heterocycles. The number of benzene rings is 3. The van der Waals surface area contributed by atoms with E-state index in [9.17, 15) is 9.59 Å². The number of rotatable bonds is 6. The van der Waals surface area contributed by atoms with Crippen LogP contribution < -0.4 is 14.4 Å². The summed E-state index contributed by atoms with van der Waals surface area (Å²) in [6, 6.07) is 24.1. The van der Waals surface area contributed by atoms with Crippen molar-refractivity contribution in [2.45, 2.75) is 6.92 Å². The van der Waals surface area contributed by atoms with E-state index in [0.717, 1.165) is 5.56 Å². The molecule has 0 bridgehead atoms. The number of aromatic nitrogens is 2. The van der Waals surface area contributed by atoms with Gasteiger partial charge in [-0.15, -0.1) is 0 Å². The monoisotopic (exact) mass is 524 g/mol. The van der Waals surface area contributed by atoms with Crippen molar-refractivity contribution in [3.63, 3.8) is 0 Å². The van der Waals surface area contributed by atoms with Gasteiger partial charge in [0.25, 0.3) is 5.91 Å². The topological polar surface area (TPSA) is 86.0 Å². The predicted octanol–water partition coefficient (Wildman–Crippen LogP) is 6.04. The summed E-state index contributed by atoms with van der Waals surface area (Å²) in [5.74, 6) is 0.940. The predicted molar refractivity (Wildman–Crippen MR) is 150 cm³/mol. The first-order valence-corrected chi connectivity index (χ1v) is 12.6. The zero-order valence-electron chi connectivity index (χ0n) is 21.0. The molecule has 1 amide bonds. The van der Waals surface area contributed by atoms with E-state index in [4.69, 9.17) is 14.5 Å². The molecule has 190 valence electrons. The van der Waals surface area contributed by atoms with Crippen LogP contribution in [-0.2, 0) is 4.79 Å². The molecule has 8 nitrogen and oxygen atoms in total. The highest BCUT2D eigenvalue weighted by atomic mass is 32.2. The summed E-state index contributed by atoms with van der Waals surface area (Å²) in [7, 11) is 3.20. The van der Waals surface area contributed by atoms with Crippen molar-refractivity contribution in [2.24, 2.45) is 4.99 Å². The first-order valence-electron chi connectivity index (χ1n) is 11.7. The standard InChI is InChI=1S/C29H24N4O4S/c1-19(34)32-18-21(27(31-32)20-7-5-4-6-8-20)17-26-28(35)33(23-11-15-25(37-3)16-12-23)29(38-26)30-22-9-13-24(36-2)14-10-22/h4-18H,1-3H3. The number of ether oxygens (including phenoxy) is 2. The first kappa shape index (κ1) is 25.0. The maximum atomic E-state index is 13.8. The molecule has 0 aliphatic carbocycles. The largest absolute Gasteiger partial charge is 0.497 e. The molecule has 2 heterocycles. The minimum Gasteiger partial charge on any atom is -0.497 e. The third-order valence-corrected chi connectivity index (χ3v) is 6.80. The molecule has 0 N–H and O–H groups in total. The lowest BCUT2D eigenvalue weighted by atomic mass is 10.1. The van der Waals surface area contributed by atoms with Gasteiger partial charge in [-0.3, -0.25) is 14.5 Å². The highest BCUT2D eigenvalue weighted by molar-refractivity contribution is 8.19. The summed E-state index contributed by atoms with van der Waals surface area (Å²) in [4.78, 5) is 32.7. The molecule has 1 aliphatic rings. The molecular weight excluding hydrogens is 500 g/mol. The summed E-state index contributed by atoms with van der Waals surface area (Å²) in [5.41, 5.74) is 3.44. The molecular formula is C29H24N4O4S. The van der Waals surface area contributed by atoms with Crippen molar-refractivity contribution in [3.8, 4) is 22.8 Å². The van der Waals surface area contributed by atoms with E-state index in [1.165, 1.54) is 23.4 Å². The Kier molecular flexibility index (Phi) is 7.10. The molecule has 1 fully saturated rings. The van der Waals surface area contributed by atoms with Crippen LogP contribution in [0.1, 0.15) is 17.3 Å². The van der Waals surface area contributed by atoms with E-state index in [1.54, 1.807) is 43.5 Å². The van der Waals surface area contributed by atoms with Crippen LogP contribution in [0.5, 0.6) is 11.5 Å². The highest BCUT2D eigenvalue weighted by Gasteiger charge is 2.35. The van der Waals surface area contributed by atoms with Gasteiger partial charge in [-0.2, -0.15) is 5.10 Å². The van der Waals surface area contributed by atoms with Gasteiger partial charge in [0.1, 0.15) is 17.2 Å². The van der Waals surface area contributed by atoms with Gasteiger partial charge in [-0.1, -0.05) is 30.3 Å². The Balaban J connectivity index is 1.59. The number of methoxy groups -OCH3 is 2. The Morgan fingerprint density at radius 3 is 2.16 bits per heavy atom. The average molecular weight is 525 g/mol. The number of nitrogens with zero attached hydrogens (tertiary/aromatic N) is 4. The van der Waals surface area contributed by atoms with Crippen LogP contribution in [0.3, 0.4) is 0 Å². The Morgan fingerprint density at radius 1 is 0.921 bits per heavy atom. The number of hydrogen-bond acceptors (Lipinski definition) is 7. The molecule has 4 aromatic rings. The lowest BCUT2D eigenvalue weighted by Gasteiger charge is -2.16. The molecule has 3 aromatic carbocycles. The number of thioether (sulfide) groups is 1. The Morgan fingerprint density at radius 2 is 1.55 bits per heavy atom. The maximum Gasteiger partial charge on any atom is 0.271 e. The van der Waals surface area contributed by atoms with Crippen molar-refractivity contribution in [1.29, 1.82) is 0 Å². The highest BCUT2D eigenvalue weighted by Crippen LogP contribution is 2.39. The molecule has 0 radical (unpaired) electrons. The third kappa shape index (κ3) is 5.09. The van der Waals surface area contributed by atoms with Crippen molar-refractivity contribution in [3.05, 3.63) is 95.5 Å². The summed E-state index contributed by atoms with van der Waals surface area (Å²) in [6.07, 6.45) is 3.40. The molecule has 5 rings (SSSR count). The van der Waals surface area contributed by atoms with Gasteiger partial charge in [0, 0.05) is 24.2 Å². The minimum atomic E-state index is -0.234. The van der Waals surface area contributed by atoms with Gasteiger partial charge in [-0.25, -0.2) is 9.67 Å². The smallest absolute Gasteiger partial charge is 0.271 e. The van der Waals surface area contributed by atoms with Gasteiger partial charge < -0.3 is 9.47 Å². The van der Waals surface area contributed by atoms with Gasteiger partial charge in [-0.05, 0) is 66.4 Å². The van der Waals surface area contributed by atoms with E-state index in [-0.39, 0.29) is 11.8 Å². The minimum absolute atomic E-state index is 0.223. The van der Waals surface area contributed by atoms with E-state index < -0.39 is 0 Å². The average Bonchev–Trinajstić information content (AvgIpc) is 3.51. The second-order valence-corrected chi connectivity index (χ2v) is 9.31. The van der Waals surface area contributed by atoms with Crippen molar-refractivity contribution >= 4 is 46.2 Å². The second-order valence-electron chi connectivity index (χ2n) is 8.30. The fourth-order valence-electron chi connectivity index (χ4n) is 3.89. The zero-order valence-corrected chi connectivity index (χ0v) is 21.8. The van der Waals surface area contributed by atoms with Crippen molar-refractivity contribution < 1.29 is 19.1 Å². The second kappa shape index (κ2) is 10.8. The maximum absolute atomic E-state index is 13.8. The zero-order chi connectivity index (χ0) is 26.6. The number of carbonyl (C=O) groups excluding carboxylic acids is 2. The molecule has 38 heavy (non-hydrogen) atoms. The SMILES string of the molecule is COc1ccc(N=C2SC(=Cc3cn(C(C)=O)nc3-c3ccccc3)C(=O)N2c2ccc(OC)cc2)cc1. The van der Waals surface area contributed by atoms with Crippen LogP contribution in [0.25, 0.3) is 17.3 Å². The van der Waals surface area contributed by atoms with Gasteiger partial charge in [0.05, 0.1) is 30.5 Å². The van der Waals surface area contributed by atoms with Crippen LogP contribution in [0.2, 0.25) is 0 Å². The summed E-state index contributed by atoms with van der Waals surface area (Å²) < 4.78 is 11.8. The van der Waals surface area contributed by atoms with Gasteiger partial charge in [0.2, 0.25) is 5.91 Å². The molecule has 0 spiro atoms. The Bertz CT molecular complexity index is 1540. The number of hydrogen-bond donors (Lipinski definition) is 0. The molecule has 0 saturated carbocycles. The number of amides is 1. The lowest BCUT2D eigenvalue weighted by molar-refractivity contribution is -0.113. The Hall–Kier alpha value is -4.63. The van der Waals surface area contributed by atoms with Crippen LogP contribution in [0, 0.1) is 0 Å². The number of carbonyl (C=O) groups is 2. The summed E-state index contributed by atoms with van der Waals surface area (Å²) in [6.45, 7) is 1.44. The molecule has 1 aliphatic heterocycles. The first-order chi connectivity index (χ1) is 18.5. The van der Waals surface area contributed by atoms with Crippen LogP contribution >= 0.6 is 11.8 Å². The molecule has 0 unspecified atom stereocenters. The van der Waals surface area contributed by atoms with Gasteiger partial charge in [0.15, 0.2) is 5.17 Å². The normalized spacial score (nSPS) is 15.3. The van der Waals surface area contributed by atoms with Crippen LogP contribution in [-0.4, -0.2) is 41.0 Å². The molecule has 9 heteroatoms. The molecule has 0 atom stereocenters. The lowest BCUT2D eigenvalue weighted by Crippen LogP contribution is -2.28. The number of amidine groups is 1. The van der Waals surface area contributed by atoms with Crippen LogP contribution in [0.15, 0.2) is 95.0 Å². The van der Waals surface area contributed by atoms with E-state index in [0.29, 0.717) is 44.2 Å². The third-order valence-electron chi connectivity index (χ3n) is 5.83. The van der Waals surface area contributed by atoms with Crippen molar-refractivity contribution in [1.82, 2.24) is 9.78 Å². The van der Waals surface area contributed by atoms with E-state index in [1.807, 2.05) is 66.7 Å². The van der Waals surface area contributed by atoms with E-state index >= 15 is 0 Å².